The number of hydrogen-bond acceptors (Lipinski definition) is 8. The van der Waals surface area contributed by atoms with E-state index in [1.807, 2.05) is 6.92 Å². The van der Waals surface area contributed by atoms with Crippen LogP contribution in [-0.2, 0) is 19.7 Å². The van der Waals surface area contributed by atoms with Gasteiger partial charge in [0.1, 0.15) is 11.0 Å². The molecule has 2 fully saturated rings. The summed E-state index contributed by atoms with van der Waals surface area (Å²) < 4.78 is 11.2. The molecule has 0 aliphatic carbocycles. The Balaban J connectivity index is 1.17. The Morgan fingerprint density at radius 2 is 1.51 bits per heavy atom. The van der Waals surface area contributed by atoms with Crippen LogP contribution in [0.1, 0.15) is 62.6 Å². The zero-order valence-electron chi connectivity index (χ0n) is 27.3. The Kier molecular flexibility index (Phi) is 9.20. The van der Waals surface area contributed by atoms with Crippen molar-refractivity contribution >= 4 is 23.0 Å². The van der Waals surface area contributed by atoms with Crippen molar-refractivity contribution in [3.8, 4) is 0 Å². The first-order valence-electron chi connectivity index (χ1n) is 16.5. The number of hydrogen-bond donors (Lipinski definition) is 3. The minimum Gasteiger partial charge on any atom is -0.481 e. The molecule has 3 N–H and O–H groups in total. The smallest absolute Gasteiger partial charge is 0.311 e. The summed E-state index contributed by atoms with van der Waals surface area (Å²) in [5.74, 6) is -3.10. The maximum atomic E-state index is 13.4. The lowest BCUT2D eigenvalue weighted by molar-refractivity contribution is -0.172. The van der Waals surface area contributed by atoms with Gasteiger partial charge in [-0.25, -0.2) is 4.63 Å². The zero-order chi connectivity index (χ0) is 33.2. The molecule has 1 aromatic heterocycles. The van der Waals surface area contributed by atoms with E-state index in [0.717, 1.165) is 32.5 Å². The van der Waals surface area contributed by atoms with Gasteiger partial charge in [-0.3, -0.25) is 9.59 Å². The van der Waals surface area contributed by atoms with Crippen molar-refractivity contribution in [3.63, 3.8) is 0 Å². The lowest BCUT2D eigenvalue weighted by atomic mass is 9.51. The van der Waals surface area contributed by atoms with E-state index in [9.17, 15) is 19.8 Å². The molecule has 10 nitrogen and oxygen atoms in total. The molecule has 3 aromatic carbocycles. The second-order valence-corrected chi connectivity index (χ2v) is 13.5. The van der Waals surface area contributed by atoms with Crippen LogP contribution in [-0.4, -0.2) is 82.3 Å². The van der Waals surface area contributed by atoms with E-state index in [1.165, 1.54) is 11.1 Å². The minimum absolute atomic E-state index is 0.0387. The fourth-order valence-electron chi connectivity index (χ4n) is 8.43. The summed E-state index contributed by atoms with van der Waals surface area (Å²) in [5.41, 5.74) is 0.989. The van der Waals surface area contributed by atoms with Gasteiger partial charge in [0, 0.05) is 36.6 Å². The van der Waals surface area contributed by atoms with Crippen molar-refractivity contribution in [3.05, 3.63) is 95.6 Å². The standard InChI is InChI=1S/C37H44N4O6/c1-25-35(3,33(42)43)32(29-15-10-16-30-31(29)40-47-39-30)37(34(44)45,26(2)38-25)19-23-46-24-22-41-20-17-36(18-21-41,27-11-6-4-7-12-27)28-13-8-5-9-14-28/h4-16,25-26,32,38H,17-24H2,1-3H3,(H,42,43)(H,44,45)/t25-,26?,32?,35?,37?/m1/s1. The van der Waals surface area contributed by atoms with Gasteiger partial charge in [-0.05, 0) is 86.2 Å². The molecule has 0 amide bonds. The molecule has 5 atom stereocenters. The van der Waals surface area contributed by atoms with Gasteiger partial charge >= 0.3 is 11.9 Å². The molecule has 6 rings (SSSR count). The normalized spacial score (nSPS) is 27.9. The number of likely N-dealkylation sites (tertiary alicyclic amines) is 1. The molecule has 2 aliphatic rings. The lowest BCUT2D eigenvalue weighted by Gasteiger charge is -2.56. The lowest BCUT2D eigenvalue weighted by Crippen LogP contribution is -2.69. The second kappa shape index (κ2) is 13.2. The number of piperidine rings is 2. The van der Waals surface area contributed by atoms with Crippen LogP contribution in [0.5, 0.6) is 0 Å². The van der Waals surface area contributed by atoms with Crippen molar-refractivity contribution in [2.45, 2.75) is 63.5 Å². The molecule has 47 heavy (non-hydrogen) atoms. The van der Waals surface area contributed by atoms with Crippen LogP contribution in [0.25, 0.3) is 11.0 Å². The number of nitrogens with zero attached hydrogens (tertiary/aromatic N) is 3. The molecule has 248 valence electrons. The van der Waals surface area contributed by atoms with E-state index in [0.29, 0.717) is 23.2 Å². The quantitative estimate of drug-likeness (QED) is 0.184. The van der Waals surface area contributed by atoms with E-state index in [4.69, 9.17) is 9.37 Å². The van der Waals surface area contributed by atoms with Gasteiger partial charge in [0.15, 0.2) is 0 Å². The van der Waals surface area contributed by atoms with Gasteiger partial charge < -0.3 is 25.2 Å². The molecule has 4 aromatic rings. The first kappa shape index (κ1) is 32.8. The summed E-state index contributed by atoms with van der Waals surface area (Å²) in [6.07, 6.45) is 2.09. The van der Waals surface area contributed by atoms with Crippen molar-refractivity contribution in [1.29, 1.82) is 0 Å². The number of nitrogens with one attached hydrogen (secondary N) is 1. The molecule has 2 aliphatic heterocycles. The summed E-state index contributed by atoms with van der Waals surface area (Å²) in [5, 5.41) is 32.9. The number of carboxylic acid groups (broad SMARTS) is 2. The number of carboxylic acids is 2. The Labute approximate surface area is 275 Å². The molecular formula is C37H44N4O6. The van der Waals surface area contributed by atoms with Crippen molar-refractivity contribution < 1.29 is 29.2 Å². The predicted octanol–water partition coefficient (Wildman–Crippen LogP) is 5.34. The molecule has 2 saturated heterocycles. The fourth-order valence-corrected chi connectivity index (χ4v) is 8.43. The van der Waals surface area contributed by atoms with Crippen LogP contribution in [0.15, 0.2) is 83.5 Å². The maximum absolute atomic E-state index is 13.4. The van der Waals surface area contributed by atoms with E-state index in [-0.39, 0.29) is 18.4 Å². The minimum atomic E-state index is -1.51. The Morgan fingerprint density at radius 1 is 0.872 bits per heavy atom. The van der Waals surface area contributed by atoms with Crippen LogP contribution < -0.4 is 5.32 Å². The van der Waals surface area contributed by atoms with Gasteiger partial charge in [-0.2, -0.15) is 0 Å². The van der Waals surface area contributed by atoms with E-state index < -0.39 is 40.8 Å². The largest absolute Gasteiger partial charge is 0.481 e. The van der Waals surface area contributed by atoms with E-state index in [2.05, 4.69) is 81.2 Å². The number of ether oxygens (including phenoxy) is 1. The highest BCUT2D eigenvalue weighted by Gasteiger charge is 2.65. The molecule has 4 unspecified atom stereocenters. The highest BCUT2D eigenvalue weighted by atomic mass is 16.6. The predicted molar refractivity (Wildman–Crippen MR) is 177 cm³/mol. The SMILES string of the molecule is CC1N[C@H](C)C(C)(C(=O)O)C(c2cccc3nonc23)C1(CCOCCN1CCC(c2ccccc2)(c2ccccc2)CC1)C(=O)O. The average Bonchev–Trinajstić information content (AvgIpc) is 3.57. The maximum Gasteiger partial charge on any atom is 0.311 e. The molecule has 0 bridgehead atoms. The molecule has 0 saturated carbocycles. The summed E-state index contributed by atoms with van der Waals surface area (Å²) in [4.78, 5) is 28.8. The third kappa shape index (κ3) is 5.62. The highest BCUT2D eigenvalue weighted by Crippen LogP contribution is 2.57. The molecule has 0 radical (unpaired) electrons. The van der Waals surface area contributed by atoms with Gasteiger partial charge in [0.2, 0.25) is 0 Å². The zero-order valence-corrected chi connectivity index (χ0v) is 27.3. The van der Waals surface area contributed by atoms with Crippen molar-refractivity contribution in [1.82, 2.24) is 20.5 Å². The van der Waals surface area contributed by atoms with Crippen LogP contribution in [0.3, 0.4) is 0 Å². The molecule has 10 heteroatoms. The third-order valence-electron chi connectivity index (χ3n) is 11.3. The second-order valence-electron chi connectivity index (χ2n) is 13.5. The Bertz CT molecular complexity index is 1650. The number of rotatable bonds is 11. The van der Waals surface area contributed by atoms with E-state index in [1.54, 1.807) is 32.0 Å². The fraction of sp³-hybridized carbons (Fsp3) is 0.459. The number of fused-ring (bicyclic) bond motifs is 1. The highest BCUT2D eigenvalue weighted by molar-refractivity contribution is 5.87. The van der Waals surface area contributed by atoms with Crippen LogP contribution >= 0.6 is 0 Å². The topological polar surface area (TPSA) is 138 Å². The Morgan fingerprint density at radius 3 is 2.11 bits per heavy atom. The first-order valence-corrected chi connectivity index (χ1v) is 16.5. The van der Waals surface area contributed by atoms with E-state index >= 15 is 0 Å². The number of benzene rings is 3. The molecular weight excluding hydrogens is 596 g/mol. The first-order chi connectivity index (χ1) is 22.6. The van der Waals surface area contributed by atoms with Gasteiger partial charge in [0.25, 0.3) is 0 Å². The average molecular weight is 641 g/mol. The van der Waals surface area contributed by atoms with Crippen LogP contribution in [0.4, 0.5) is 0 Å². The summed E-state index contributed by atoms with van der Waals surface area (Å²) in [6, 6.07) is 25.6. The summed E-state index contributed by atoms with van der Waals surface area (Å²) >= 11 is 0. The summed E-state index contributed by atoms with van der Waals surface area (Å²) in [6.45, 7) is 8.41. The number of aliphatic carboxylic acids is 2. The monoisotopic (exact) mass is 640 g/mol. The van der Waals surface area contributed by atoms with Crippen LogP contribution in [0, 0.1) is 10.8 Å². The van der Waals surface area contributed by atoms with Gasteiger partial charge in [0.05, 0.1) is 17.4 Å². The number of aromatic nitrogens is 2. The molecule has 0 spiro atoms. The Hall–Kier alpha value is -4.12. The third-order valence-corrected chi connectivity index (χ3v) is 11.3. The van der Waals surface area contributed by atoms with Crippen LogP contribution in [0.2, 0.25) is 0 Å². The summed E-state index contributed by atoms with van der Waals surface area (Å²) in [7, 11) is 0. The molecule has 3 heterocycles. The van der Waals surface area contributed by atoms with Crippen molar-refractivity contribution in [2.24, 2.45) is 10.8 Å². The van der Waals surface area contributed by atoms with Crippen molar-refractivity contribution in [2.75, 3.05) is 32.8 Å². The number of carbonyl (C=O) groups is 2. The van der Waals surface area contributed by atoms with Gasteiger partial charge in [-0.15, -0.1) is 0 Å². The van der Waals surface area contributed by atoms with Gasteiger partial charge in [-0.1, -0.05) is 72.8 Å².